The largest absolute Gasteiger partial charge is 0.462 e. The van der Waals surface area contributed by atoms with Crippen LogP contribution in [0.2, 0.25) is 0 Å². The highest BCUT2D eigenvalue weighted by molar-refractivity contribution is 8.13. The van der Waals surface area contributed by atoms with E-state index in [0.717, 1.165) is 17.3 Å². The lowest BCUT2D eigenvalue weighted by molar-refractivity contribution is -0.139. The molecule has 1 aliphatic rings. The predicted molar refractivity (Wildman–Crippen MR) is 79.4 cm³/mol. The molecule has 0 saturated carbocycles. The van der Waals surface area contributed by atoms with Crippen molar-refractivity contribution in [3.8, 4) is 0 Å². The molecule has 21 heavy (non-hydrogen) atoms. The molecule has 0 fully saturated rings. The van der Waals surface area contributed by atoms with Crippen molar-refractivity contribution in [1.29, 1.82) is 0 Å². The second-order valence-corrected chi connectivity index (χ2v) is 4.69. The zero-order valence-corrected chi connectivity index (χ0v) is 12.4. The second-order valence-electron chi connectivity index (χ2n) is 3.91. The Labute approximate surface area is 126 Å². The Bertz CT molecular complexity index is 611. The number of hydrazone groups is 1. The zero-order valence-electron chi connectivity index (χ0n) is 11.6. The van der Waals surface area contributed by atoms with Gasteiger partial charge in [0.1, 0.15) is 0 Å². The van der Waals surface area contributed by atoms with Crippen LogP contribution in [0.1, 0.15) is 12.5 Å². The summed E-state index contributed by atoms with van der Waals surface area (Å²) in [7, 11) is 0. The first-order valence-electron chi connectivity index (χ1n) is 6.24. The van der Waals surface area contributed by atoms with Gasteiger partial charge in [-0.25, -0.2) is 10.2 Å². The number of esters is 1. The summed E-state index contributed by atoms with van der Waals surface area (Å²) in [6.07, 6.45) is 1.58. The highest BCUT2D eigenvalue weighted by atomic mass is 32.2. The maximum absolute atomic E-state index is 11.9. The first-order valence-corrected chi connectivity index (χ1v) is 7.46. The Morgan fingerprint density at radius 3 is 2.67 bits per heavy atom. The van der Waals surface area contributed by atoms with Crippen LogP contribution in [-0.2, 0) is 19.1 Å². The smallest absolute Gasteiger partial charge is 0.348 e. The number of nitrogens with zero attached hydrogens (tertiary/aromatic N) is 1. The topological polar surface area (TPSA) is 77.0 Å². The van der Waals surface area contributed by atoms with Crippen LogP contribution in [0.4, 0.5) is 0 Å². The molecule has 1 aromatic carbocycles. The van der Waals surface area contributed by atoms with Crippen molar-refractivity contribution in [2.24, 2.45) is 5.10 Å². The Morgan fingerprint density at radius 1 is 1.33 bits per heavy atom. The van der Waals surface area contributed by atoms with Gasteiger partial charge >= 0.3 is 5.97 Å². The van der Waals surface area contributed by atoms with Gasteiger partial charge in [-0.1, -0.05) is 30.0 Å². The fourth-order valence-electron chi connectivity index (χ4n) is 1.63. The highest BCUT2D eigenvalue weighted by Gasteiger charge is 2.29. The van der Waals surface area contributed by atoms with Crippen LogP contribution in [0.15, 0.2) is 46.9 Å². The number of nitrogens with one attached hydrogen (secondary N) is 1. The van der Waals surface area contributed by atoms with E-state index in [-0.39, 0.29) is 18.1 Å². The van der Waals surface area contributed by atoms with Gasteiger partial charge in [0.15, 0.2) is 5.57 Å². The van der Waals surface area contributed by atoms with E-state index in [1.54, 1.807) is 13.2 Å². The molecule has 0 aromatic heterocycles. The van der Waals surface area contributed by atoms with E-state index in [1.165, 1.54) is 0 Å². The fraction of sp³-hybridized carbons (Fsp3) is 0.214. The van der Waals surface area contributed by atoms with Crippen LogP contribution in [-0.4, -0.2) is 29.8 Å². The summed E-state index contributed by atoms with van der Waals surface area (Å²) in [5.41, 5.74) is 3.12. The second kappa shape index (κ2) is 6.94. The summed E-state index contributed by atoms with van der Waals surface area (Å²) < 4.78 is 10.4. The van der Waals surface area contributed by atoms with Crippen molar-refractivity contribution < 1.29 is 19.1 Å². The zero-order chi connectivity index (χ0) is 15.2. The number of carbonyl (C=O) groups excluding carboxylic acids is 2. The SMILES string of the molecule is CCOC(=O)C(C(=O)SC)=C1NN=C(c2ccccc2)O1. The monoisotopic (exact) mass is 306 g/mol. The van der Waals surface area contributed by atoms with Gasteiger partial charge < -0.3 is 9.47 Å². The summed E-state index contributed by atoms with van der Waals surface area (Å²) in [6.45, 7) is 1.84. The van der Waals surface area contributed by atoms with Crippen LogP contribution in [0.5, 0.6) is 0 Å². The molecule has 0 aliphatic carbocycles. The quantitative estimate of drug-likeness (QED) is 0.394. The van der Waals surface area contributed by atoms with E-state index in [4.69, 9.17) is 9.47 Å². The molecule has 0 saturated heterocycles. The molecular weight excluding hydrogens is 292 g/mol. The van der Waals surface area contributed by atoms with Crippen LogP contribution < -0.4 is 5.43 Å². The third-order valence-electron chi connectivity index (χ3n) is 2.57. The molecule has 1 N–H and O–H groups in total. The number of hydrogen-bond donors (Lipinski definition) is 1. The molecule has 0 unspecified atom stereocenters. The standard InChI is InChI=1S/C14H14N2O4S/c1-3-19-13(17)10(14(18)21-2)12-16-15-11(20-12)9-7-5-4-6-8-9/h4-8,16H,3H2,1-2H3. The molecule has 0 spiro atoms. The summed E-state index contributed by atoms with van der Waals surface area (Å²) in [4.78, 5) is 23.8. The van der Waals surface area contributed by atoms with Crippen LogP contribution in [0.25, 0.3) is 0 Å². The lowest BCUT2D eigenvalue weighted by Gasteiger charge is -2.07. The van der Waals surface area contributed by atoms with Crippen LogP contribution in [0.3, 0.4) is 0 Å². The third kappa shape index (κ3) is 3.43. The Balaban J connectivity index is 2.27. The van der Waals surface area contributed by atoms with Crippen molar-refractivity contribution >= 4 is 28.7 Å². The fourth-order valence-corrected chi connectivity index (χ4v) is 2.01. The molecular formula is C14H14N2O4S. The minimum atomic E-state index is -0.733. The third-order valence-corrected chi connectivity index (χ3v) is 3.15. The minimum absolute atomic E-state index is 0.00773. The van der Waals surface area contributed by atoms with E-state index in [0.29, 0.717) is 5.90 Å². The number of ether oxygens (including phenoxy) is 2. The number of benzene rings is 1. The number of carbonyl (C=O) groups is 2. The summed E-state index contributed by atoms with van der Waals surface area (Å²) in [5.74, 6) is -0.447. The van der Waals surface area contributed by atoms with Gasteiger partial charge in [-0.2, -0.15) is 0 Å². The molecule has 1 aromatic rings. The van der Waals surface area contributed by atoms with E-state index < -0.39 is 11.1 Å². The van der Waals surface area contributed by atoms with Gasteiger partial charge in [0.05, 0.1) is 6.61 Å². The first kappa shape index (κ1) is 15.1. The maximum Gasteiger partial charge on any atom is 0.348 e. The molecule has 2 rings (SSSR count). The molecule has 6 nitrogen and oxygen atoms in total. The van der Waals surface area contributed by atoms with E-state index in [1.807, 2.05) is 30.3 Å². The molecule has 0 radical (unpaired) electrons. The minimum Gasteiger partial charge on any atom is -0.462 e. The van der Waals surface area contributed by atoms with Crippen molar-refractivity contribution in [3.05, 3.63) is 47.4 Å². The molecule has 1 heterocycles. The van der Waals surface area contributed by atoms with Gasteiger partial charge in [-0.05, 0) is 25.3 Å². The molecule has 0 atom stereocenters. The number of hydrogen-bond acceptors (Lipinski definition) is 7. The van der Waals surface area contributed by atoms with Crippen molar-refractivity contribution in [1.82, 2.24) is 5.43 Å². The van der Waals surface area contributed by atoms with Gasteiger partial charge in [0, 0.05) is 5.56 Å². The average molecular weight is 306 g/mol. The molecule has 1 aliphatic heterocycles. The van der Waals surface area contributed by atoms with Gasteiger partial charge in [0.2, 0.25) is 16.9 Å². The van der Waals surface area contributed by atoms with Crippen molar-refractivity contribution in [3.63, 3.8) is 0 Å². The number of rotatable bonds is 4. The van der Waals surface area contributed by atoms with Crippen molar-refractivity contribution in [2.75, 3.05) is 12.9 Å². The maximum atomic E-state index is 11.9. The molecule has 7 heteroatoms. The van der Waals surface area contributed by atoms with Crippen LogP contribution in [0, 0.1) is 0 Å². The normalized spacial score (nSPS) is 15.6. The van der Waals surface area contributed by atoms with E-state index >= 15 is 0 Å². The summed E-state index contributed by atoms with van der Waals surface area (Å²) in [6, 6.07) is 9.16. The molecule has 0 amide bonds. The Morgan fingerprint density at radius 2 is 2.05 bits per heavy atom. The van der Waals surface area contributed by atoms with E-state index in [2.05, 4.69) is 10.5 Å². The van der Waals surface area contributed by atoms with Crippen LogP contribution >= 0.6 is 11.8 Å². The predicted octanol–water partition coefficient (Wildman–Crippen LogP) is 1.63. The summed E-state index contributed by atoms with van der Waals surface area (Å²) >= 11 is 0.902. The Kier molecular flexibility index (Phi) is 4.99. The number of thioether (sulfide) groups is 1. The van der Waals surface area contributed by atoms with Crippen molar-refractivity contribution in [2.45, 2.75) is 6.92 Å². The first-order chi connectivity index (χ1) is 10.2. The Hall–Kier alpha value is -2.28. The summed E-state index contributed by atoms with van der Waals surface area (Å²) in [5, 5.41) is 3.54. The lowest BCUT2D eigenvalue weighted by atomic mass is 10.2. The van der Waals surface area contributed by atoms with Gasteiger partial charge in [-0.15, -0.1) is 5.10 Å². The van der Waals surface area contributed by atoms with Gasteiger partial charge in [0.25, 0.3) is 0 Å². The van der Waals surface area contributed by atoms with E-state index in [9.17, 15) is 9.59 Å². The average Bonchev–Trinajstić information content (AvgIpc) is 2.98. The molecule has 0 bridgehead atoms. The lowest BCUT2D eigenvalue weighted by Crippen LogP contribution is -2.20. The highest BCUT2D eigenvalue weighted by Crippen LogP contribution is 2.19. The van der Waals surface area contributed by atoms with Gasteiger partial charge in [-0.3, -0.25) is 4.79 Å². The molecule has 110 valence electrons.